The minimum absolute atomic E-state index is 0.0293. The summed E-state index contributed by atoms with van der Waals surface area (Å²) in [4.78, 5) is 0. The number of halogens is 1. The lowest BCUT2D eigenvalue weighted by molar-refractivity contribution is 0.168. The molecule has 0 fully saturated rings. The van der Waals surface area contributed by atoms with Crippen LogP contribution in [0.5, 0.6) is 0 Å². The second-order valence-corrected chi connectivity index (χ2v) is 10.7. The van der Waals surface area contributed by atoms with E-state index in [-0.39, 0.29) is 6.10 Å². The van der Waals surface area contributed by atoms with E-state index < -0.39 is 0 Å². The van der Waals surface area contributed by atoms with Gasteiger partial charge in [-0.25, -0.2) is 0 Å². The fraction of sp³-hybridized carbons (Fsp3) is 0.162. The number of para-hydroxylation sites is 1. The third-order valence-corrected chi connectivity index (χ3v) is 7.31. The summed E-state index contributed by atoms with van der Waals surface area (Å²) in [6.07, 6.45) is 23.6. The van der Waals surface area contributed by atoms with Crippen LogP contribution in [-0.4, -0.2) is 10.7 Å². The van der Waals surface area contributed by atoms with Crippen LogP contribution in [0.15, 0.2) is 143 Å². The van der Waals surface area contributed by atoms with E-state index in [9.17, 15) is 0 Å². The largest absolute Gasteiger partial charge is 0.479 e. The average molecular weight is 591 g/mol. The lowest BCUT2D eigenvalue weighted by atomic mass is 10.0. The molecule has 2 aromatic carbocycles. The molecule has 2 nitrogen and oxygen atoms in total. The first-order valence-electron chi connectivity index (χ1n) is 13.6. The van der Waals surface area contributed by atoms with Crippen molar-refractivity contribution in [2.24, 2.45) is 0 Å². The van der Waals surface area contributed by atoms with Gasteiger partial charge in [0.15, 0.2) is 5.76 Å². The Kier molecular flexibility index (Phi) is 10.0. The fourth-order valence-electron chi connectivity index (χ4n) is 4.42. The lowest BCUT2D eigenvalue weighted by Gasteiger charge is -2.17. The van der Waals surface area contributed by atoms with Crippen molar-refractivity contribution < 1.29 is 4.74 Å². The number of rotatable bonds is 10. The molecular formula is C37H36BrNO. The molecule has 0 spiro atoms. The molecule has 1 aliphatic rings. The van der Waals surface area contributed by atoms with Gasteiger partial charge >= 0.3 is 0 Å². The zero-order valence-electron chi connectivity index (χ0n) is 23.7. The fourth-order valence-corrected chi connectivity index (χ4v) is 4.93. The molecule has 0 aliphatic heterocycles. The minimum atomic E-state index is -0.0293. The third-order valence-electron chi connectivity index (χ3n) is 6.82. The van der Waals surface area contributed by atoms with E-state index in [2.05, 4.69) is 126 Å². The molecule has 0 saturated carbocycles. The molecule has 1 heterocycles. The summed E-state index contributed by atoms with van der Waals surface area (Å²) in [5.41, 5.74) is 11.0. The van der Waals surface area contributed by atoms with Crippen LogP contribution in [0.1, 0.15) is 45.2 Å². The molecule has 0 saturated heterocycles. The van der Waals surface area contributed by atoms with Gasteiger partial charge in [-0.15, -0.1) is 0 Å². The number of hydrogen-bond donors (Lipinski definition) is 0. The zero-order valence-corrected chi connectivity index (χ0v) is 25.3. The molecule has 0 bridgehead atoms. The van der Waals surface area contributed by atoms with Gasteiger partial charge in [0, 0.05) is 27.3 Å². The van der Waals surface area contributed by atoms with Crippen molar-refractivity contribution >= 4 is 38.5 Å². The summed E-state index contributed by atoms with van der Waals surface area (Å²) in [7, 11) is 0. The number of hydrogen-bond acceptors (Lipinski definition) is 1. The van der Waals surface area contributed by atoms with Gasteiger partial charge in [0.1, 0.15) is 6.10 Å². The predicted octanol–water partition coefficient (Wildman–Crippen LogP) is 10.8. The van der Waals surface area contributed by atoms with Crippen LogP contribution in [0.4, 0.5) is 0 Å². The van der Waals surface area contributed by atoms with Crippen LogP contribution >= 0.6 is 15.9 Å². The smallest absolute Gasteiger partial charge is 0.166 e. The number of allylic oxidation sites excluding steroid dienone is 11. The molecule has 1 aromatic heterocycles. The number of benzene rings is 2. The highest BCUT2D eigenvalue weighted by molar-refractivity contribution is 9.12. The maximum Gasteiger partial charge on any atom is 0.166 e. The molecule has 0 N–H and O–H groups in total. The van der Waals surface area contributed by atoms with Crippen molar-refractivity contribution in [3.05, 3.63) is 154 Å². The van der Waals surface area contributed by atoms with E-state index in [1.165, 1.54) is 11.0 Å². The van der Waals surface area contributed by atoms with E-state index in [4.69, 9.17) is 4.74 Å². The number of nitrogens with zero attached hydrogens (tertiary/aromatic N) is 1. The van der Waals surface area contributed by atoms with Crippen LogP contribution in [0.25, 0.3) is 28.2 Å². The van der Waals surface area contributed by atoms with E-state index in [1.54, 1.807) is 0 Å². The Morgan fingerprint density at radius 2 is 1.93 bits per heavy atom. The van der Waals surface area contributed by atoms with E-state index in [0.717, 1.165) is 50.1 Å². The highest BCUT2D eigenvalue weighted by Crippen LogP contribution is 2.31. The Labute approximate surface area is 247 Å². The van der Waals surface area contributed by atoms with Gasteiger partial charge in [0.25, 0.3) is 0 Å². The quantitative estimate of drug-likeness (QED) is 0.130. The standard InChI is InChI=1S/C37H36BrNO/c1-6-15-33(38)24-32-26-39(34-19-10-8-11-20-34)36-23-22-31(25-35(32)36)28(3)17-14-13-16-27(2)30(5)40-37-21-12-7-9-18-29(37)4/h6-12,14-20,22-26,30H,3,13H2,1-2,4-5H3/b15-6-,17-14-,27-16-,33-24+. The molecule has 0 radical (unpaired) electrons. The van der Waals surface area contributed by atoms with Crippen LogP contribution in [0.3, 0.4) is 0 Å². The van der Waals surface area contributed by atoms with Crippen LogP contribution in [-0.2, 0) is 4.74 Å². The Hall–Kier alpha value is -4.04. The first-order chi connectivity index (χ1) is 19.4. The molecule has 1 atom stereocenters. The maximum atomic E-state index is 6.16. The van der Waals surface area contributed by atoms with Gasteiger partial charge in [-0.2, -0.15) is 0 Å². The monoisotopic (exact) mass is 589 g/mol. The molecule has 1 unspecified atom stereocenters. The predicted molar refractivity (Wildman–Crippen MR) is 177 cm³/mol. The molecule has 3 aromatic rings. The highest BCUT2D eigenvalue weighted by atomic mass is 79.9. The molecule has 4 rings (SSSR count). The third kappa shape index (κ3) is 7.33. The minimum Gasteiger partial charge on any atom is -0.479 e. The summed E-state index contributed by atoms with van der Waals surface area (Å²) < 4.78 is 9.43. The summed E-state index contributed by atoms with van der Waals surface area (Å²) >= 11 is 3.68. The van der Waals surface area contributed by atoms with Crippen molar-refractivity contribution in [2.75, 3.05) is 0 Å². The lowest BCUT2D eigenvalue weighted by Crippen LogP contribution is -2.09. The van der Waals surface area contributed by atoms with Gasteiger partial charge in [0.2, 0.25) is 0 Å². The average Bonchev–Trinajstić information content (AvgIpc) is 3.18. The second kappa shape index (κ2) is 13.8. The number of aromatic nitrogens is 1. The maximum absolute atomic E-state index is 6.16. The Morgan fingerprint density at radius 1 is 1.12 bits per heavy atom. The van der Waals surface area contributed by atoms with Crippen molar-refractivity contribution in [1.82, 2.24) is 4.57 Å². The van der Waals surface area contributed by atoms with Crippen LogP contribution in [0.2, 0.25) is 0 Å². The van der Waals surface area contributed by atoms with Gasteiger partial charge in [-0.3, -0.25) is 0 Å². The van der Waals surface area contributed by atoms with E-state index in [0.29, 0.717) is 0 Å². The van der Waals surface area contributed by atoms with Crippen LogP contribution in [0, 0.1) is 0 Å². The van der Waals surface area contributed by atoms with Gasteiger partial charge in [0.05, 0.1) is 5.52 Å². The number of ether oxygens (including phenoxy) is 1. The second-order valence-electron chi connectivity index (χ2n) is 9.80. The van der Waals surface area contributed by atoms with Crippen molar-refractivity contribution in [1.29, 1.82) is 0 Å². The Morgan fingerprint density at radius 3 is 2.70 bits per heavy atom. The van der Waals surface area contributed by atoms with Gasteiger partial charge < -0.3 is 9.30 Å². The molecule has 40 heavy (non-hydrogen) atoms. The summed E-state index contributed by atoms with van der Waals surface area (Å²) in [5.74, 6) is 0.789. The van der Waals surface area contributed by atoms with E-state index >= 15 is 0 Å². The topological polar surface area (TPSA) is 14.2 Å². The van der Waals surface area contributed by atoms with Gasteiger partial charge in [-0.05, 0) is 92.8 Å². The zero-order chi connectivity index (χ0) is 28.5. The Balaban J connectivity index is 1.52. The molecule has 3 heteroatoms. The Bertz CT molecular complexity index is 1630. The summed E-state index contributed by atoms with van der Waals surface area (Å²) in [5, 5.41) is 1.18. The molecule has 202 valence electrons. The summed E-state index contributed by atoms with van der Waals surface area (Å²) in [6, 6.07) is 17.0. The molecular weight excluding hydrogens is 554 g/mol. The summed E-state index contributed by atoms with van der Waals surface area (Å²) in [6.45, 7) is 12.6. The highest BCUT2D eigenvalue weighted by Gasteiger charge is 2.11. The molecule has 0 amide bonds. The van der Waals surface area contributed by atoms with Crippen molar-refractivity contribution in [3.63, 3.8) is 0 Å². The van der Waals surface area contributed by atoms with Crippen molar-refractivity contribution in [3.8, 4) is 5.69 Å². The van der Waals surface area contributed by atoms with Crippen LogP contribution < -0.4 is 0 Å². The first-order valence-corrected chi connectivity index (χ1v) is 14.4. The molecule has 1 aliphatic carbocycles. The normalized spacial score (nSPS) is 15.0. The SMILES string of the molecule is C=C(/C=C\C/C=C(/C)C(C)OC1=C=CC=CC=C1C)c1ccc2c(c1)c(/C=C(Br)\C=C/C)cn2-c1ccccc1. The van der Waals surface area contributed by atoms with Gasteiger partial charge in [-0.1, -0.05) is 101 Å². The number of fused-ring (bicyclic) bond motifs is 1. The van der Waals surface area contributed by atoms with E-state index in [1.807, 2.05) is 50.3 Å². The first kappa shape index (κ1) is 29.0. The van der Waals surface area contributed by atoms with Crippen molar-refractivity contribution in [2.45, 2.75) is 40.2 Å².